The van der Waals surface area contributed by atoms with Gasteiger partial charge in [0.2, 0.25) is 6.41 Å². The van der Waals surface area contributed by atoms with Crippen molar-refractivity contribution in [2.75, 3.05) is 30.4 Å². The van der Waals surface area contributed by atoms with Crippen LogP contribution >= 0.6 is 0 Å². The van der Waals surface area contributed by atoms with E-state index in [0.717, 1.165) is 54.1 Å². The molecule has 1 rings (SSSR count). The molecular formula is C21H33N3O. The van der Waals surface area contributed by atoms with Gasteiger partial charge < -0.3 is 15.1 Å². The standard InChI is InChI=1S/C21H33N3O/c1-8-16(4)13-17(5)22-19-11-12-21(24(10-3)15-25)20(14-19)18(6)23(7)9-2/h11-12,14-16,22H,5-6,8-10,13H2,1-4,7H3. The molecule has 4 nitrogen and oxygen atoms in total. The van der Waals surface area contributed by atoms with Crippen LogP contribution < -0.4 is 10.2 Å². The summed E-state index contributed by atoms with van der Waals surface area (Å²) in [6, 6.07) is 6.02. The molecule has 1 amide bonds. The van der Waals surface area contributed by atoms with Crippen molar-refractivity contribution in [3.8, 4) is 0 Å². The highest BCUT2D eigenvalue weighted by atomic mass is 16.1. The van der Waals surface area contributed by atoms with E-state index in [1.54, 1.807) is 4.90 Å². The summed E-state index contributed by atoms with van der Waals surface area (Å²) < 4.78 is 0. The summed E-state index contributed by atoms with van der Waals surface area (Å²) in [5, 5.41) is 3.40. The van der Waals surface area contributed by atoms with E-state index in [4.69, 9.17) is 0 Å². The number of anilines is 2. The summed E-state index contributed by atoms with van der Waals surface area (Å²) in [5.74, 6) is 0.602. The van der Waals surface area contributed by atoms with Crippen molar-refractivity contribution in [2.24, 2.45) is 5.92 Å². The molecule has 1 N–H and O–H groups in total. The van der Waals surface area contributed by atoms with Gasteiger partial charge in [-0.1, -0.05) is 33.4 Å². The summed E-state index contributed by atoms with van der Waals surface area (Å²) in [7, 11) is 2.01. The van der Waals surface area contributed by atoms with Crippen molar-refractivity contribution in [3.63, 3.8) is 0 Å². The number of carbonyl (C=O) groups is 1. The first-order valence-corrected chi connectivity index (χ1v) is 9.08. The predicted octanol–water partition coefficient (Wildman–Crippen LogP) is 4.95. The molecule has 0 aliphatic carbocycles. The number of carbonyl (C=O) groups excluding carboxylic acids is 1. The van der Waals surface area contributed by atoms with E-state index in [-0.39, 0.29) is 0 Å². The summed E-state index contributed by atoms with van der Waals surface area (Å²) >= 11 is 0. The SMILES string of the molecule is C=C(CC(C)CC)Nc1ccc(N(C=O)CC)c(C(=C)N(C)CC)c1. The average molecular weight is 344 g/mol. The lowest BCUT2D eigenvalue weighted by atomic mass is 10.0. The molecule has 1 aromatic carbocycles. The van der Waals surface area contributed by atoms with Crippen LogP contribution in [0, 0.1) is 5.92 Å². The second kappa shape index (κ2) is 9.92. The Labute approximate surface area is 153 Å². The molecule has 0 saturated heterocycles. The molecular weight excluding hydrogens is 310 g/mol. The molecule has 25 heavy (non-hydrogen) atoms. The fourth-order valence-corrected chi connectivity index (χ4v) is 2.61. The minimum absolute atomic E-state index is 0.602. The number of amides is 1. The largest absolute Gasteiger partial charge is 0.375 e. The van der Waals surface area contributed by atoms with Gasteiger partial charge in [0.25, 0.3) is 0 Å². The van der Waals surface area contributed by atoms with Gasteiger partial charge in [0.05, 0.1) is 5.69 Å². The van der Waals surface area contributed by atoms with Gasteiger partial charge in [-0.15, -0.1) is 0 Å². The monoisotopic (exact) mass is 343 g/mol. The van der Waals surface area contributed by atoms with Crippen LogP contribution in [0.4, 0.5) is 11.4 Å². The summed E-state index contributed by atoms with van der Waals surface area (Å²) in [6.45, 7) is 18.3. The lowest BCUT2D eigenvalue weighted by molar-refractivity contribution is -0.107. The van der Waals surface area contributed by atoms with Crippen LogP contribution in [0.3, 0.4) is 0 Å². The molecule has 1 unspecified atom stereocenters. The number of rotatable bonds is 11. The van der Waals surface area contributed by atoms with Gasteiger partial charge in [-0.2, -0.15) is 0 Å². The highest BCUT2D eigenvalue weighted by Gasteiger charge is 2.15. The highest BCUT2D eigenvalue weighted by Crippen LogP contribution is 2.31. The number of hydrogen-bond acceptors (Lipinski definition) is 3. The van der Waals surface area contributed by atoms with Gasteiger partial charge in [-0.3, -0.25) is 4.79 Å². The quantitative estimate of drug-likeness (QED) is 0.577. The molecule has 0 bridgehead atoms. The van der Waals surface area contributed by atoms with Gasteiger partial charge in [0.1, 0.15) is 0 Å². The van der Waals surface area contributed by atoms with Crippen molar-refractivity contribution in [3.05, 3.63) is 42.6 Å². The minimum Gasteiger partial charge on any atom is -0.375 e. The Balaban J connectivity index is 3.17. The topological polar surface area (TPSA) is 35.6 Å². The van der Waals surface area contributed by atoms with Crippen molar-refractivity contribution in [1.82, 2.24) is 4.90 Å². The Morgan fingerprint density at radius 1 is 1.24 bits per heavy atom. The highest BCUT2D eigenvalue weighted by molar-refractivity contribution is 5.85. The molecule has 0 spiro atoms. The van der Waals surface area contributed by atoms with E-state index in [1.165, 1.54) is 0 Å². The first-order valence-electron chi connectivity index (χ1n) is 9.08. The summed E-state index contributed by atoms with van der Waals surface area (Å²) in [4.78, 5) is 15.2. The number of nitrogens with zero attached hydrogens (tertiary/aromatic N) is 2. The third-order valence-electron chi connectivity index (χ3n) is 4.63. The van der Waals surface area contributed by atoms with Crippen LogP contribution in [-0.2, 0) is 4.79 Å². The number of hydrogen-bond donors (Lipinski definition) is 1. The third-order valence-corrected chi connectivity index (χ3v) is 4.63. The van der Waals surface area contributed by atoms with Gasteiger partial charge in [0, 0.05) is 42.8 Å². The van der Waals surface area contributed by atoms with E-state index in [9.17, 15) is 4.79 Å². The van der Waals surface area contributed by atoms with Crippen LogP contribution in [-0.4, -0.2) is 31.4 Å². The molecule has 1 atom stereocenters. The van der Waals surface area contributed by atoms with Gasteiger partial charge in [-0.25, -0.2) is 0 Å². The Bertz CT molecular complexity index is 609. The maximum absolute atomic E-state index is 11.4. The van der Waals surface area contributed by atoms with E-state index in [1.807, 2.05) is 26.1 Å². The van der Waals surface area contributed by atoms with Crippen LogP contribution in [0.25, 0.3) is 5.70 Å². The maximum Gasteiger partial charge on any atom is 0.214 e. The second-order valence-electron chi connectivity index (χ2n) is 6.53. The molecule has 0 radical (unpaired) electrons. The number of nitrogens with one attached hydrogen (secondary N) is 1. The first-order chi connectivity index (χ1) is 11.9. The fourth-order valence-electron chi connectivity index (χ4n) is 2.61. The first kappa shape index (κ1) is 20.8. The van der Waals surface area contributed by atoms with Gasteiger partial charge >= 0.3 is 0 Å². The van der Waals surface area contributed by atoms with Crippen molar-refractivity contribution in [1.29, 1.82) is 0 Å². The van der Waals surface area contributed by atoms with E-state index in [2.05, 4.69) is 50.2 Å². The molecule has 0 aromatic heterocycles. The Morgan fingerprint density at radius 2 is 1.92 bits per heavy atom. The lowest BCUT2D eigenvalue weighted by Gasteiger charge is -2.26. The molecule has 138 valence electrons. The van der Waals surface area contributed by atoms with Crippen LogP contribution in [0.5, 0.6) is 0 Å². The summed E-state index contributed by atoms with van der Waals surface area (Å²) in [6.07, 6.45) is 2.94. The lowest BCUT2D eigenvalue weighted by Crippen LogP contribution is -2.23. The molecule has 0 aliphatic rings. The number of allylic oxidation sites excluding steroid dienone is 1. The van der Waals surface area contributed by atoms with Crippen molar-refractivity contribution < 1.29 is 4.79 Å². The van der Waals surface area contributed by atoms with Gasteiger partial charge in [-0.05, 0) is 44.4 Å². The molecule has 0 fully saturated rings. The van der Waals surface area contributed by atoms with Crippen molar-refractivity contribution >= 4 is 23.5 Å². The van der Waals surface area contributed by atoms with Crippen LogP contribution in [0.1, 0.15) is 46.1 Å². The minimum atomic E-state index is 0.602. The Hall–Kier alpha value is -2.23. The Morgan fingerprint density at radius 3 is 2.44 bits per heavy atom. The molecule has 0 heterocycles. The Kier molecular flexibility index (Phi) is 8.26. The van der Waals surface area contributed by atoms with Crippen LogP contribution in [0.15, 0.2) is 37.1 Å². The van der Waals surface area contributed by atoms with E-state index in [0.29, 0.717) is 12.5 Å². The zero-order chi connectivity index (χ0) is 19.0. The van der Waals surface area contributed by atoms with E-state index < -0.39 is 0 Å². The smallest absolute Gasteiger partial charge is 0.214 e. The normalized spacial score (nSPS) is 11.6. The molecule has 0 aliphatic heterocycles. The summed E-state index contributed by atoms with van der Waals surface area (Å²) in [5.41, 5.74) is 4.71. The zero-order valence-corrected chi connectivity index (χ0v) is 16.4. The molecule has 4 heteroatoms. The van der Waals surface area contributed by atoms with Crippen molar-refractivity contribution in [2.45, 2.75) is 40.5 Å². The van der Waals surface area contributed by atoms with Crippen LogP contribution in [0.2, 0.25) is 0 Å². The predicted molar refractivity (Wildman–Crippen MR) is 110 cm³/mol. The van der Waals surface area contributed by atoms with Gasteiger partial charge in [0.15, 0.2) is 0 Å². The third kappa shape index (κ3) is 5.66. The molecule has 0 saturated carbocycles. The van der Waals surface area contributed by atoms with E-state index >= 15 is 0 Å². The zero-order valence-electron chi connectivity index (χ0n) is 16.4. The fraction of sp³-hybridized carbons (Fsp3) is 0.476. The molecule has 1 aromatic rings. The average Bonchev–Trinajstić information content (AvgIpc) is 2.61. The number of benzene rings is 1. The maximum atomic E-state index is 11.4. The second-order valence-corrected chi connectivity index (χ2v) is 6.53.